The normalized spacial score (nSPS) is 11.2. The van der Waals surface area contributed by atoms with Crippen LogP contribution in [0, 0.1) is 6.92 Å². The fourth-order valence-corrected chi connectivity index (χ4v) is 4.69. The second kappa shape index (κ2) is 8.80. The molecule has 0 saturated heterocycles. The molecule has 1 amide bonds. The lowest BCUT2D eigenvalue weighted by molar-refractivity contribution is -0.0493. The molecule has 4 aromatic rings. The monoisotopic (exact) mass is 447 g/mol. The van der Waals surface area contributed by atoms with Gasteiger partial charge in [-0.2, -0.15) is 8.78 Å². The average molecular weight is 447 g/mol. The number of hydrogen-bond donors (Lipinski definition) is 1. The predicted molar refractivity (Wildman–Crippen MR) is 111 cm³/mol. The molecule has 10 heteroatoms. The number of halogens is 2. The summed E-state index contributed by atoms with van der Waals surface area (Å²) in [6, 6.07) is 13.3. The molecule has 0 saturated carbocycles. The molecule has 2 heterocycles. The van der Waals surface area contributed by atoms with Crippen molar-refractivity contribution < 1.29 is 22.7 Å². The SMILES string of the molecule is Cc1nnc(SCc2c(C(=O)Nc3ccccc3OC(F)F)oc3ccccc23)s1. The molecule has 2 aromatic heterocycles. The van der Waals surface area contributed by atoms with E-state index in [1.807, 2.05) is 25.1 Å². The summed E-state index contributed by atoms with van der Waals surface area (Å²) in [5.41, 5.74) is 1.37. The van der Waals surface area contributed by atoms with E-state index in [1.54, 1.807) is 18.2 Å². The summed E-state index contributed by atoms with van der Waals surface area (Å²) in [7, 11) is 0. The van der Waals surface area contributed by atoms with Gasteiger partial charge in [0.25, 0.3) is 5.91 Å². The summed E-state index contributed by atoms with van der Waals surface area (Å²) in [6.07, 6.45) is 0. The van der Waals surface area contributed by atoms with Gasteiger partial charge in [0.15, 0.2) is 10.1 Å². The van der Waals surface area contributed by atoms with Crippen LogP contribution in [-0.2, 0) is 5.75 Å². The van der Waals surface area contributed by atoms with Crippen LogP contribution in [0.3, 0.4) is 0 Å². The lowest BCUT2D eigenvalue weighted by Crippen LogP contribution is -2.14. The third-order valence-electron chi connectivity index (χ3n) is 4.10. The van der Waals surface area contributed by atoms with Crippen molar-refractivity contribution >= 4 is 45.7 Å². The van der Waals surface area contributed by atoms with Gasteiger partial charge in [0.05, 0.1) is 5.69 Å². The van der Waals surface area contributed by atoms with Crippen LogP contribution in [0.4, 0.5) is 14.5 Å². The van der Waals surface area contributed by atoms with Crippen molar-refractivity contribution in [3.05, 3.63) is 64.9 Å². The number of para-hydroxylation sites is 3. The average Bonchev–Trinajstić information content (AvgIpc) is 3.30. The van der Waals surface area contributed by atoms with E-state index in [2.05, 4.69) is 20.3 Å². The van der Waals surface area contributed by atoms with Crippen LogP contribution in [0.1, 0.15) is 21.1 Å². The van der Waals surface area contributed by atoms with E-state index in [0.29, 0.717) is 16.9 Å². The van der Waals surface area contributed by atoms with Crippen LogP contribution >= 0.6 is 23.1 Å². The highest BCUT2D eigenvalue weighted by molar-refractivity contribution is 8.00. The Hall–Kier alpha value is -2.98. The number of aryl methyl sites for hydroxylation is 1. The number of hydrogen-bond acceptors (Lipinski definition) is 7. The lowest BCUT2D eigenvalue weighted by Gasteiger charge is -2.11. The quantitative estimate of drug-likeness (QED) is 0.364. The first-order chi connectivity index (χ1) is 14.5. The van der Waals surface area contributed by atoms with E-state index in [1.165, 1.54) is 35.2 Å². The van der Waals surface area contributed by atoms with Gasteiger partial charge in [0, 0.05) is 16.7 Å². The number of rotatable bonds is 7. The van der Waals surface area contributed by atoms with Gasteiger partial charge in [-0.1, -0.05) is 53.4 Å². The zero-order valence-corrected chi connectivity index (χ0v) is 17.2. The van der Waals surface area contributed by atoms with Gasteiger partial charge < -0.3 is 14.5 Å². The van der Waals surface area contributed by atoms with E-state index in [-0.39, 0.29) is 17.2 Å². The van der Waals surface area contributed by atoms with E-state index in [4.69, 9.17) is 4.42 Å². The van der Waals surface area contributed by atoms with Gasteiger partial charge in [0.2, 0.25) is 0 Å². The summed E-state index contributed by atoms with van der Waals surface area (Å²) in [5.74, 6) is -0.140. The van der Waals surface area contributed by atoms with Crippen molar-refractivity contribution in [1.29, 1.82) is 0 Å². The zero-order valence-electron chi connectivity index (χ0n) is 15.6. The molecule has 0 aliphatic rings. The number of nitrogens with one attached hydrogen (secondary N) is 1. The number of furan rings is 1. The minimum absolute atomic E-state index is 0.108. The number of benzene rings is 2. The summed E-state index contributed by atoms with van der Waals surface area (Å²) in [4.78, 5) is 13.0. The Labute approximate surface area is 178 Å². The third kappa shape index (κ3) is 4.44. The fraction of sp³-hybridized carbons (Fsp3) is 0.150. The number of nitrogens with zero attached hydrogens (tertiary/aromatic N) is 2. The van der Waals surface area contributed by atoms with Gasteiger partial charge in [-0.15, -0.1) is 10.2 Å². The van der Waals surface area contributed by atoms with E-state index < -0.39 is 12.5 Å². The maximum Gasteiger partial charge on any atom is 0.387 e. The maximum absolute atomic E-state index is 13.0. The van der Waals surface area contributed by atoms with Gasteiger partial charge in [-0.3, -0.25) is 4.79 Å². The molecule has 0 unspecified atom stereocenters. The molecule has 0 aliphatic carbocycles. The van der Waals surface area contributed by atoms with Gasteiger partial charge >= 0.3 is 6.61 Å². The topological polar surface area (TPSA) is 77.2 Å². The van der Waals surface area contributed by atoms with Gasteiger partial charge in [-0.25, -0.2) is 0 Å². The first kappa shape index (κ1) is 20.3. The maximum atomic E-state index is 13.0. The molecular weight excluding hydrogens is 432 g/mol. The number of anilines is 1. The van der Waals surface area contributed by atoms with Gasteiger partial charge in [-0.05, 0) is 25.1 Å². The van der Waals surface area contributed by atoms with Crippen LogP contribution in [0.5, 0.6) is 5.75 Å². The molecule has 4 rings (SSSR count). The Morgan fingerprint density at radius 2 is 1.97 bits per heavy atom. The number of thioether (sulfide) groups is 1. The number of aromatic nitrogens is 2. The molecule has 0 spiro atoms. The summed E-state index contributed by atoms with van der Waals surface area (Å²) >= 11 is 2.91. The Balaban J connectivity index is 1.64. The number of fused-ring (bicyclic) bond motifs is 1. The highest BCUT2D eigenvalue weighted by Gasteiger charge is 2.22. The zero-order chi connectivity index (χ0) is 21.1. The molecule has 30 heavy (non-hydrogen) atoms. The van der Waals surface area contributed by atoms with Crippen LogP contribution in [0.2, 0.25) is 0 Å². The molecule has 0 bridgehead atoms. The minimum Gasteiger partial charge on any atom is -0.451 e. The molecule has 0 fully saturated rings. The van der Waals surface area contributed by atoms with Crippen LogP contribution < -0.4 is 10.1 Å². The van der Waals surface area contributed by atoms with Crippen molar-refractivity contribution in [2.24, 2.45) is 0 Å². The standard InChI is InChI=1S/C20H15F2N3O3S2/c1-11-24-25-20(30-11)29-10-13-12-6-2-4-8-15(12)27-17(13)18(26)23-14-7-3-5-9-16(14)28-19(21)22/h2-9,19H,10H2,1H3,(H,23,26). The third-order valence-corrected chi connectivity index (χ3v) is 6.10. The van der Waals surface area contributed by atoms with Crippen LogP contribution in [0.25, 0.3) is 11.0 Å². The number of amides is 1. The van der Waals surface area contributed by atoms with Crippen molar-refractivity contribution in [3.63, 3.8) is 0 Å². The van der Waals surface area contributed by atoms with Crippen molar-refractivity contribution in [2.45, 2.75) is 23.6 Å². The number of alkyl halides is 2. The Morgan fingerprint density at radius 3 is 2.73 bits per heavy atom. The minimum atomic E-state index is -3.00. The largest absolute Gasteiger partial charge is 0.451 e. The summed E-state index contributed by atoms with van der Waals surface area (Å²) in [5, 5.41) is 12.3. The Bertz CT molecular complexity index is 1190. The van der Waals surface area contributed by atoms with Crippen molar-refractivity contribution in [3.8, 4) is 5.75 Å². The molecule has 1 N–H and O–H groups in total. The van der Waals surface area contributed by atoms with Crippen LogP contribution in [-0.4, -0.2) is 22.7 Å². The number of carbonyl (C=O) groups is 1. The van der Waals surface area contributed by atoms with E-state index in [0.717, 1.165) is 14.7 Å². The Kier molecular flexibility index (Phi) is 5.96. The second-order valence-electron chi connectivity index (χ2n) is 6.11. The highest BCUT2D eigenvalue weighted by Crippen LogP contribution is 2.34. The summed E-state index contributed by atoms with van der Waals surface area (Å²) in [6.45, 7) is -1.14. The lowest BCUT2D eigenvalue weighted by atomic mass is 10.1. The fourth-order valence-electron chi connectivity index (χ4n) is 2.84. The molecule has 2 aromatic carbocycles. The van der Waals surface area contributed by atoms with Crippen molar-refractivity contribution in [1.82, 2.24) is 10.2 Å². The van der Waals surface area contributed by atoms with E-state index >= 15 is 0 Å². The first-order valence-electron chi connectivity index (χ1n) is 8.80. The Morgan fingerprint density at radius 1 is 1.20 bits per heavy atom. The van der Waals surface area contributed by atoms with Gasteiger partial charge in [0.1, 0.15) is 16.3 Å². The molecule has 0 aliphatic heterocycles. The molecule has 0 radical (unpaired) electrons. The molecular formula is C20H15F2N3O3S2. The first-order valence-corrected chi connectivity index (χ1v) is 10.6. The second-order valence-corrected chi connectivity index (χ2v) is 8.51. The smallest absolute Gasteiger partial charge is 0.387 e. The van der Waals surface area contributed by atoms with Crippen molar-refractivity contribution in [2.75, 3.05) is 5.32 Å². The summed E-state index contributed by atoms with van der Waals surface area (Å²) < 4.78 is 36.4. The van der Waals surface area contributed by atoms with Crippen LogP contribution in [0.15, 0.2) is 57.3 Å². The van der Waals surface area contributed by atoms with E-state index in [9.17, 15) is 13.6 Å². The number of ether oxygens (including phenoxy) is 1. The number of carbonyl (C=O) groups excluding carboxylic acids is 1. The molecule has 6 nitrogen and oxygen atoms in total. The molecule has 0 atom stereocenters. The highest BCUT2D eigenvalue weighted by atomic mass is 32.2. The predicted octanol–water partition coefficient (Wildman–Crippen LogP) is 5.74. The molecule has 154 valence electrons.